The molecular weight excluding hydrogens is 216 g/mol. The van der Waals surface area contributed by atoms with Crippen molar-refractivity contribution >= 4 is 5.69 Å². The van der Waals surface area contributed by atoms with Gasteiger partial charge in [0.2, 0.25) is 0 Å². The maximum atomic E-state index is 10.9. The molecule has 0 aliphatic rings. The number of nitro benzene ring substituents is 1. The largest absolute Gasteiger partial charge is 0.327 e. The fourth-order valence-electron chi connectivity index (χ4n) is 1.80. The zero-order valence-corrected chi connectivity index (χ0v) is 10.6. The van der Waals surface area contributed by atoms with Gasteiger partial charge in [-0.1, -0.05) is 39.0 Å². The lowest BCUT2D eigenvalue weighted by Crippen LogP contribution is -2.33. The molecule has 0 aromatic heterocycles. The van der Waals surface area contributed by atoms with Gasteiger partial charge in [-0.25, -0.2) is 0 Å². The highest BCUT2D eigenvalue weighted by molar-refractivity contribution is 5.40. The first-order valence-electron chi connectivity index (χ1n) is 5.91. The zero-order valence-electron chi connectivity index (χ0n) is 10.6. The molecule has 0 fully saturated rings. The molecule has 0 aliphatic carbocycles. The average molecular weight is 236 g/mol. The summed E-state index contributed by atoms with van der Waals surface area (Å²) in [5.41, 5.74) is 6.98. The summed E-state index contributed by atoms with van der Waals surface area (Å²) in [6.45, 7) is 6.32. The van der Waals surface area contributed by atoms with Crippen LogP contribution >= 0.6 is 0 Å². The van der Waals surface area contributed by atoms with Gasteiger partial charge >= 0.3 is 0 Å². The summed E-state index contributed by atoms with van der Waals surface area (Å²) >= 11 is 0. The molecule has 4 heteroatoms. The number of hydrogen-bond acceptors (Lipinski definition) is 3. The molecule has 0 heterocycles. The second-order valence-electron chi connectivity index (χ2n) is 4.86. The molecule has 0 spiro atoms. The molecule has 0 saturated heterocycles. The molecule has 0 radical (unpaired) electrons. The van der Waals surface area contributed by atoms with Gasteiger partial charge in [-0.2, -0.15) is 0 Å². The van der Waals surface area contributed by atoms with Crippen molar-refractivity contribution in [2.45, 2.75) is 33.2 Å². The number of rotatable bonds is 5. The van der Waals surface area contributed by atoms with E-state index in [1.54, 1.807) is 12.1 Å². The van der Waals surface area contributed by atoms with Crippen LogP contribution in [0.5, 0.6) is 0 Å². The van der Waals surface area contributed by atoms with Crippen LogP contribution in [0.2, 0.25) is 0 Å². The van der Waals surface area contributed by atoms with E-state index in [0.29, 0.717) is 18.3 Å². The number of nitrogens with two attached hydrogens (primary N) is 1. The van der Waals surface area contributed by atoms with Gasteiger partial charge in [0.15, 0.2) is 0 Å². The lowest BCUT2D eigenvalue weighted by Gasteiger charge is -2.23. The Morgan fingerprint density at radius 3 is 2.41 bits per heavy atom. The van der Waals surface area contributed by atoms with Crippen LogP contribution < -0.4 is 5.73 Å². The lowest BCUT2D eigenvalue weighted by molar-refractivity contribution is -0.385. The molecule has 1 aromatic carbocycles. The summed E-state index contributed by atoms with van der Waals surface area (Å²) in [7, 11) is 0. The van der Waals surface area contributed by atoms with Crippen molar-refractivity contribution in [1.29, 1.82) is 0 Å². The van der Waals surface area contributed by atoms with Gasteiger partial charge in [-0.3, -0.25) is 10.1 Å². The van der Waals surface area contributed by atoms with Crippen LogP contribution in [0.25, 0.3) is 0 Å². The summed E-state index contributed by atoms with van der Waals surface area (Å²) < 4.78 is 0. The summed E-state index contributed by atoms with van der Waals surface area (Å²) in [4.78, 5) is 10.5. The highest BCUT2D eigenvalue weighted by atomic mass is 16.6. The Balaban J connectivity index is 2.84. The standard InChI is InChI=1S/C13H20N2O2/c1-9(2)10(3)12(14)8-11-6-4-5-7-13(11)15(16)17/h4-7,9-10,12H,8,14H2,1-3H3. The SMILES string of the molecule is CC(C)C(C)C(N)Cc1ccccc1[N+](=O)[O-]. The highest BCUT2D eigenvalue weighted by Gasteiger charge is 2.20. The maximum absolute atomic E-state index is 10.9. The first-order chi connectivity index (χ1) is 7.93. The molecule has 0 amide bonds. The van der Waals surface area contributed by atoms with Crippen molar-refractivity contribution in [3.8, 4) is 0 Å². The van der Waals surface area contributed by atoms with E-state index in [2.05, 4.69) is 20.8 Å². The van der Waals surface area contributed by atoms with Gasteiger partial charge in [0, 0.05) is 17.7 Å². The topological polar surface area (TPSA) is 69.2 Å². The Morgan fingerprint density at radius 1 is 1.29 bits per heavy atom. The maximum Gasteiger partial charge on any atom is 0.272 e. The fourth-order valence-corrected chi connectivity index (χ4v) is 1.80. The van der Waals surface area contributed by atoms with E-state index in [1.165, 1.54) is 6.07 Å². The Bertz CT molecular complexity index is 391. The van der Waals surface area contributed by atoms with Crippen LogP contribution in [-0.4, -0.2) is 11.0 Å². The van der Waals surface area contributed by atoms with E-state index >= 15 is 0 Å². The van der Waals surface area contributed by atoms with Gasteiger partial charge in [0.05, 0.1) is 4.92 Å². The molecular formula is C13H20N2O2. The van der Waals surface area contributed by atoms with Crippen molar-refractivity contribution in [3.63, 3.8) is 0 Å². The van der Waals surface area contributed by atoms with Gasteiger partial charge in [0.1, 0.15) is 0 Å². The number of nitrogens with zero attached hydrogens (tertiary/aromatic N) is 1. The minimum absolute atomic E-state index is 0.0453. The summed E-state index contributed by atoms with van der Waals surface area (Å²) in [5.74, 6) is 0.822. The molecule has 94 valence electrons. The zero-order chi connectivity index (χ0) is 13.0. The van der Waals surface area contributed by atoms with Crippen molar-refractivity contribution in [2.75, 3.05) is 0 Å². The molecule has 17 heavy (non-hydrogen) atoms. The Labute approximate surface area is 102 Å². The Morgan fingerprint density at radius 2 is 1.88 bits per heavy atom. The Hall–Kier alpha value is -1.42. The molecule has 1 rings (SSSR count). The first-order valence-corrected chi connectivity index (χ1v) is 5.91. The number of hydrogen-bond donors (Lipinski definition) is 1. The predicted molar refractivity (Wildman–Crippen MR) is 68.8 cm³/mol. The number of para-hydroxylation sites is 1. The van der Waals surface area contributed by atoms with Gasteiger partial charge in [-0.05, 0) is 18.3 Å². The van der Waals surface area contributed by atoms with Crippen LogP contribution in [0.15, 0.2) is 24.3 Å². The van der Waals surface area contributed by atoms with Crippen molar-refractivity contribution in [1.82, 2.24) is 0 Å². The molecule has 0 aliphatic heterocycles. The molecule has 1 aromatic rings. The molecule has 4 nitrogen and oxygen atoms in total. The second kappa shape index (κ2) is 5.77. The third-order valence-corrected chi connectivity index (χ3v) is 3.37. The first kappa shape index (κ1) is 13.6. The number of benzene rings is 1. The van der Waals surface area contributed by atoms with Crippen LogP contribution in [0.1, 0.15) is 26.3 Å². The van der Waals surface area contributed by atoms with E-state index in [1.807, 2.05) is 6.07 Å². The van der Waals surface area contributed by atoms with E-state index in [0.717, 1.165) is 5.56 Å². The van der Waals surface area contributed by atoms with Gasteiger partial charge in [-0.15, -0.1) is 0 Å². The van der Waals surface area contributed by atoms with E-state index < -0.39 is 0 Å². The normalized spacial score (nSPS) is 14.6. The molecule has 2 N–H and O–H groups in total. The van der Waals surface area contributed by atoms with Crippen LogP contribution in [-0.2, 0) is 6.42 Å². The molecule has 2 unspecified atom stereocenters. The molecule has 0 saturated carbocycles. The smallest absolute Gasteiger partial charge is 0.272 e. The third-order valence-electron chi connectivity index (χ3n) is 3.37. The minimum Gasteiger partial charge on any atom is -0.327 e. The van der Waals surface area contributed by atoms with Crippen LogP contribution in [0, 0.1) is 22.0 Å². The second-order valence-corrected chi connectivity index (χ2v) is 4.86. The van der Waals surface area contributed by atoms with Crippen molar-refractivity contribution < 1.29 is 4.92 Å². The van der Waals surface area contributed by atoms with Crippen molar-refractivity contribution in [3.05, 3.63) is 39.9 Å². The predicted octanol–water partition coefficient (Wildman–Crippen LogP) is 2.76. The van der Waals surface area contributed by atoms with Gasteiger partial charge < -0.3 is 5.73 Å². The number of nitro groups is 1. The summed E-state index contributed by atoms with van der Waals surface area (Å²) in [6.07, 6.45) is 0.552. The van der Waals surface area contributed by atoms with Gasteiger partial charge in [0.25, 0.3) is 5.69 Å². The summed E-state index contributed by atoms with van der Waals surface area (Å²) in [5, 5.41) is 10.9. The van der Waals surface area contributed by atoms with Crippen LogP contribution in [0.4, 0.5) is 5.69 Å². The fraction of sp³-hybridized carbons (Fsp3) is 0.538. The minimum atomic E-state index is -0.345. The highest BCUT2D eigenvalue weighted by Crippen LogP contribution is 2.22. The van der Waals surface area contributed by atoms with E-state index in [4.69, 9.17) is 5.73 Å². The summed E-state index contributed by atoms with van der Waals surface area (Å²) in [6, 6.07) is 6.76. The Kier molecular flexibility index (Phi) is 4.63. The van der Waals surface area contributed by atoms with E-state index in [-0.39, 0.29) is 16.7 Å². The van der Waals surface area contributed by atoms with Crippen LogP contribution in [0.3, 0.4) is 0 Å². The quantitative estimate of drug-likeness (QED) is 0.631. The third kappa shape index (κ3) is 3.53. The van der Waals surface area contributed by atoms with Crippen molar-refractivity contribution in [2.24, 2.45) is 17.6 Å². The molecule has 0 bridgehead atoms. The van der Waals surface area contributed by atoms with E-state index in [9.17, 15) is 10.1 Å². The average Bonchev–Trinajstić information content (AvgIpc) is 2.28. The molecule has 2 atom stereocenters. The lowest BCUT2D eigenvalue weighted by atomic mass is 9.87. The monoisotopic (exact) mass is 236 g/mol.